The lowest BCUT2D eigenvalue weighted by Crippen LogP contribution is -2.38. The highest BCUT2D eigenvalue weighted by atomic mass is 32.2. The third kappa shape index (κ3) is 5.93. The minimum atomic E-state index is -3.75. The predicted molar refractivity (Wildman–Crippen MR) is 144 cm³/mol. The lowest BCUT2D eigenvalue weighted by molar-refractivity contribution is 0.0846. The normalized spacial score (nSPS) is 12.6. The van der Waals surface area contributed by atoms with Gasteiger partial charge in [-0.05, 0) is 35.7 Å². The van der Waals surface area contributed by atoms with Crippen LogP contribution in [0.4, 0.5) is 0 Å². The van der Waals surface area contributed by atoms with E-state index in [0.717, 1.165) is 11.1 Å². The molecule has 4 rings (SSSR count). The summed E-state index contributed by atoms with van der Waals surface area (Å²) in [5.74, 6) is 3.93. The molecule has 9 nitrogen and oxygen atoms in total. The molecule has 0 unspecified atom stereocenters. The molecule has 0 saturated carbocycles. The molecule has 0 spiro atoms. The van der Waals surface area contributed by atoms with Crippen LogP contribution >= 0.6 is 0 Å². The zero-order chi connectivity index (χ0) is 26.4. The molecule has 3 aromatic carbocycles. The summed E-state index contributed by atoms with van der Waals surface area (Å²) >= 11 is 0. The number of nitrogens with one attached hydrogen (secondary N) is 2. The molecule has 1 heterocycles. The Morgan fingerprint density at radius 3 is 2.35 bits per heavy atom. The molecule has 1 atom stereocenters. The number of sulfonamides is 1. The summed E-state index contributed by atoms with van der Waals surface area (Å²) in [5.41, 5.74) is 2.74. The number of fused-ring (bicyclic) bond motifs is 1. The van der Waals surface area contributed by atoms with Crippen LogP contribution in [0.3, 0.4) is 0 Å². The molecule has 1 aromatic heterocycles. The first kappa shape index (κ1) is 25.8. The lowest BCUT2D eigenvalue weighted by Gasteiger charge is -2.20. The monoisotopic (exact) mass is 517 g/mol. The van der Waals surface area contributed by atoms with Gasteiger partial charge in [-0.3, -0.25) is 14.2 Å². The van der Waals surface area contributed by atoms with Crippen molar-refractivity contribution in [1.29, 1.82) is 0 Å². The maximum absolute atomic E-state index is 13.9. The summed E-state index contributed by atoms with van der Waals surface area (Å²) in [5, 5.41) is 7.02. The Balaban J connectivity index is 1.70. The van der Waals surface area contributed by atoms with Crippen molar-refractivity contribution in [2.45, 2.75) is 19.5 Å². The van der Waals surface area contributed by atoms with Crippen molar-refractivity contribution in [2.75, 3.05) is 5.75 Å². The van der Waals surface area contributed by atoms with E-state index in [0.29, 0.717) is 16.5 Å². The van der Waals surface area contributed by atoms with Crippen molar-refractivity contribution >= 4 is 39.0 Å². The fourth-order valence-electron chi connectivity index (χ4n) is 3.94. The number of carbonyl (C=O) groups is 2. The largest absolute Gasteiger partial charge is 0.347 e. The number of nitrogens with two attached hydrogens (primary N) is 1. The van der Waals surface area contributed by atoms with Gasteiger partial charge in [0.05, 0.1) is 17.5 Å². The first-order chi connectivity index (χ1) is 17.8. The first-order valence-corrected chi connectivity index (χ1v) is 13.3. The number of benzene rings is 3. The maximum Gasteiger partial charge on any atom is 0.268 e. The Labute approximate surface area is 215 Å². The van der Waals surface area contributed by atoms with Crippen LogP contribution in [0.2, 0.25) is 0 Å². The van der Waals surface area contributed by atoms with E-state index in [2.05, 4.69) is 15.1 Å². The number of hydrogen-bond acceptors (Lipinski definition) is 6. The maximum atomic E-state index is 13.9. The molecule has 0 saturated heterocycles. The van der Waals surface area contributed by atoms with Crippen LogP contribution in [0, 0.1) is 0 Å². The van der Waals surface area contributed by atoms with Gasteiger partial charge in [0.15, 0.2) is 0 Å². The molecule has 0 aliphatic heterocycles. The van der Waals surface area contributed by atoms with Gasteiger partial charge >= 0.3 is 0 Å². The fourth-order valence-corrected chi connectivity index (χ4v) is 4.70. The molecule has 1 amide bonds. The molecule has 4 aromatic rings. The summed E-state index contributed by atoms with van der Waals surface area (Å²) in [4.78, 5) is 27.3. The number of amides is 1. The molecular weight excluding hydrogens is 490 g/mol. The molecule has 0 fully saturated rings. The molecule has 37 heavy (non-hydrogen) atoms. The van der Waals surface area contributed by atoms with Gasteiger partial charge in [-0.1, -0.05) is 72.8 Å². The van der Waals surface area contributed by atoms with Crippen LogP contribution in [-0.2, 0) is 16.6 Å². The van der Waals surface area contributed by atoms with Gasteiger partial charge in [-0.25, -0.2) is 8.42 Å². The molecule has 0 aliphatic rings. The topological polar surface area (TPSA) is 136 Å². The van der Waals surface area contributed by atoms with Crippen LogP contribution in [0.15, 0.2) is 90.0 Å². The van der Waals surface area contributed by atoms with E-state index >= 15 is 0 Å². The Bertz CT molecular complexity index is 1540. The van der Waals surface area contributed by atoms with Crippen molar-refractivity contribution in [2.24, 2.45) is 10.9 Å². The minimum absolute atomic E-state index is 0.106. The number of nitrogens with zero attached hydrogens (tertiary/aromatic N) is 2. The Kier molecular flexibility index (Phi) is 7.80. The number of aromatic nitrogens is 1. The zero-order valence-electron chi connectivity index (χ0n) is 20.2. The van der Waals surface area contributed by atoms with Crippen molar-refractivity contribution in [3.8, 4) is 0 Å². The lowest BCUT2D eigenvalue weighted by atomic mass is 10.1. The average molecular weight is 518 g/mol. The zero-order valence-corrected chi connectivity index (χ0v) is 21.0. The molecule has 0 bridgehead atoms. The van der Waals surface area contributed by atoms with Crippen LogP contribution in [-0.4, -0.2) is 36.8 Å². The van der Waals surface area contributed by atoms with Crippen LogP contribution in [0.5, 0.6) is 0 Å². The quantitative estimate of drug-likeness (QED) is 0.178. The Hall–Kier alpha value is -4.28. The minimum Gasteiger partial charge on any atom is -0.347 e. The van der Waals surface area contributed by atoms with E-state index in [1.165, 1.54) is 17.7 Å². The van der Waals surface area contributed by atoms with E-state index in [9.17, 15) is 18.0 Å². The molecule has 0 radical (unpaired) electrons. The highest BCUT2D eigenvalue weighted by Gasteiger charge is 2.30. The second-order valence-electron chi connectivity index (χ2n) is 8.33. The molecular formula is C27H27N5O4S. The van der Waals surface area contributed by atoms with Crippen LogP contribution in [0.1, 0.15) is 44.9 Å². The number of para-hydroxylation sites is 1. The molecule has 4 N–H and O–H groups in total. The Morgan fingerprint density at radius 1 is 1.00 bits per heavy atom. The summed E-state index contributed by atoms with van der Waals surface area (Å²) < 4.78 is 28.8. The number of rotatable bonds is 9. The van der Waals surface area contributed by atoms with Crippen molar-refractivity contribution < 1.29 is 18.0 Å². The third-order valence-electron chi connectivity index (χ3n) is 5.88. The summed E-state index contributed by atoms with van der Waals surface area (Å²) in [6, 6.07) is 23.4. The van der Waals surface area contributed by atoms with E-state index in [1.54, 1.807) is 60.7 Å². The van der Waals surface area contributed by atoms with Gasteiger partial charge in [-0.15, -0.1) is 0 Å². The second-order valence-corrected chi connectivity index (χ2v) is 10.4. The van der Waals surface area contributed by atoms with Gasteiger partial charge in [0, 0.05) is 11.9 Å². The molecule has 0 aliphatic carbocycles. The second kappa shape index (κ2) is 11.2. The van der Waals surface area contributed by atoms with Gasteiger partial charge in [-0.2, -0.15) is 9.82 Å². The van der Waals surface area contributed by atoms with Gasteiger partial charge < -0.3 is 11.2 Å². The van der Waals surface area contributed by atoms with E-state index in [-0.39, 0.29) is 18.0 Å². The summed E-state index contributed by atoms with van der Waals surface area (Å²) in [6.07, 6.45) is 1.52. The van der Waals surface area contributed by atoms with Gasteiger partial charge in [0.1, 0.15) is 11.7 Å². The van der Waals surface area contributed by atoms with Crippen molar-refractivity contribution in [3.63, 3.8) is 0 Å². The standard InChI is InChI=1S/C27H27N5O4S/c1-2-37(35,36)31-25(21-8-4-3-5-9-21)27(34)32-23-11-7-6-10-22(23)16-24(32)26(33)29-17-19-12-14-20(15-13-19)18-30-28/h3-16,18,25,31H,2,17,28H2,1H3,(H,29,33)/t25-/m1/s1. The van der Waals surface area contributed by atoms with Crippen LogP contribution < -0.4 is 15.9 Å². The number of hydrazone groups is 1. The SMILES string of the molecule is CCS(=O)(=O)N[C@@H](C(=O)n1c(C(=O)NCc2ccc(C=NN)cc2)cc2ccccc21)c1ccccc1. The van der Waals surface area contributed by atoms with Crippen molar-refractivity contribution in [3.05, 3.63) is 107 Å². The third-order valence-corrected chi connectivity index (χ3v) is 7.23. The molecule has 190 valence electrons. The Morgan fingerprint density at radius 2 is 1.68 bits per heavy atom. The summed E-state index contributed by atoms with van der Waals surface area (Å²) in [7, 11) is -3.75. The van der Waals surface area contributed by atoms with Crippen LogP contribution in [0.25, 0.3) is 10.9 Å². The van der Waals surface area contributed by atoms with Crippen molar-refractivity contribution in [1.82, 2.24) is 14.6 Å². The highest BCUT2D eigenvalue weighted by molar-refractivity contribution is 7.89. The van der Waals surface area contributed by atoms with Gasteiger partial charge in [0.25, 0.3) is 11.8 Å². The van der Waals surface area contributed by atoms with E-state index < -0.39 is 27.9 Å². The number of carbonyl (C=O) groups excluding carboxylic acids is 2. The molecule has 10 heteroatoms. The fraction of sp³-hybridized carbons (Fsp3) is 0.148. The predicted octanol–water partition coefficient (Wildman–Crippen LogP) is 3.18. The van der Waals surface area contributed by atoms with E-state index in [4.69, 9.17) is 5.84 Å². The smallest absolute Gasteiger partial charge is 0.268 e. The van der Waals surface area contributed by atoms with Gasteiger partial charge in [0.2, 0.25) is 10.0 Å². The highest BCUT2D eigenvalue weighted by Crippen LogP contribution is 2.25. The van der Waals surface area contributed by atoms with E-state index in [1.807, 2.05) is 24.3 Å². The first-order valence-electron chi connectivity index (χ1n) is 11.6. The summed E-state index contributed by atoms with van der Waals surface area (Å²) in [6.45, 7) is 1.72. The average Bonchev–Trinajstić information content (AvgIpc) is 3.31. The number of hydrogen-bond donors (Lipinski definition) is 3.